The summed E-state index contributed by atoms with van der Waals surface area (Å²) in [6.07, 6.45) is 5.22. The summed E-state index contributed by atoms with van der Waals surface area (Å²) in [5, 5.41) is 13.9. The summed E-state index contributed by atoms with van der Waals surface area (Å²) >= 11 is 0. The minimum Gasteiger partial charge on any atom is -0.496 e. The molecule has 0 radical (unpaired) electrons. The first-order chi connectivity index (χ1) is 19.0. The van der Waals surface area contributed by atoms with E-state index in [9.17, 15) is 14.7 Å². The Labute approximate surface area is 231 Å². The van der Waals surface area contributed by atoms with Crippen LogP contribution in [0.25, 0.3) is 11.1 Å². The molecule has 3 atom stereocenters. The number of carboxylic acids is 1. The van der Waals surface area contributed by atoms with E-state index in [-0.39, 0.29) is 23.9 Å². The molecule has 5 rings (SSSR count). The van der Waals surface area contributed by atoms with Gasteiger partial charge in [0, 0.05) is 24.1 Å². The number of hydrogen-bond donors (Lipinski definition) is 2. The highest BCUT2D eigenvalue weighted by molar-refractivity contribution is 5.86. The average molecular weight is 527 g/mol. The van der Waals surface area contributed by atoms with Crippen LogP contribution in [0.1, 0.15) is 61.3 Å². The van der Waals surface area contributed by atoms with Gasteiger partial charge in [0.25, 0.3) is 0 Å². The number of ether oxygens (including phenoxy) is 1. The SMILES string of the molecule is COc1ccc(-c2ccccc2C)cc1CNC1CC(C(=O)O)N(C(=O)C2CCCCC2)C1c1ccccc1. The van der Waals surface area contributed by atoms with E-state index in [0.717, 1.165) is 54.5 Å². The van der Waals surface area contributed by atoms with E-state index < -0.39 is 12.0 Å². The van der Waals surface area contributed by atoms with Gasteiger partial charge in [-0.25, -0.2) is 4.79 Å². The third-order valence-electron chi connectivity index (χ3n) is 8.42. The highest BCUT2D eigenvalue weighted by atomic mass is 16.5. The lowest BCUT2D eigenvalue weighted by molar-refractivity contribution is -0.152. The van der Waals surface area contributed by atoms with E-state index in [0.29, 0.717) is 13.0 Å². The summed E-state index contributed by atoms with van der Waals surface area (Å²) in [7, 11) is 1.67. The van der Waals surface area contributed by atoms with Gasteiger partial charge < -0.3 is 20.1 Å². The van der Waals surface area contributed by atoms with Crippen LogP contribution in [0.15, 0.2) is 72.8 Å². The number of carbonyl (C=O) groups is 2. The maximum absolute atomic E-state index is 13.9. The minimum atomic E-state index is -0.941. The maximum Gasteiger partial charge on any atom is 0.326 e. The molecule has 2 fully saturated rings. The van der Waals surface area contributed by atoms with Gasteiger partial charge in [-0.1, -0.05) is 79.9 Å². The quantitative estimate of drug-likeness (QED) is 0.369. The van der Waals surface area contributed by atoms with E-state index in [4.69, 9.17) is 4.74 Å². The summed E-state index contributed by atoms with van der Waals surface area (Å²) in [4.78, 5) is 28.0. The van der Waals surface area contributed by atoms with Crippen molar-refractivity contribution in [3.05, 3.63) is 89.5 Å². The number of nitrogens with one attached hydrogen (secondary N) is 1. The Morgan fingerprint density at radius 3 is 2.38 bits per heavy atom. The van der Waals surface area contributed by atoms with E-state index in [1.807, 2.05) is 48.5 Å². The van der Waals surface area contributed by atoms with E-state index in [1.165, 1.54) is 11.1 Å². The molecule has 1 aliphatic carbocycles. The summed E-state index contributed by atoms with van der Waals surface area (Å²) < 4.78 is 5.69. The van der Waals surface area contributed by atoms with Gasteiger partial charge in [-0.2, -0.15) is 0 Å². The van der Waals surface area contributed by atoms with Gasteiger partial charge in [-0.05, 0) is 60.6 Å². The van der Waals surface area contributed by atoms with Crippen molar-refractivity contribution >= 4 is 11.9 Å². The molecule has 3 aromatic rings. The number of carboxylic acid groups (broad SMARTS) is 1. The van der Waals surface area contributed by atoms with Crippen LogP contribution in [-0.4, -0.2) is 41.1 Å². The van der Waals surface area contributed by atoms with Crippen molar-refractivity contribution in [1.29, 1.82) is 0 Å². The number of amides is 1. The van der Waals surface area contributed by atoms with Crippen molar-refractivity contribution in [2.24, 2.45) is 5.92 Å². The molecule has 6 heteroatoms. The van der Waals surface area contributed by atoms with E-state index >= 15 is 0 Å². The number of rotatable bonds is 8. The Kier molecular flexibility index (Phi) is 8.32. The standard InChI is InChI=1S/C33H38N2O4/c1-22-11-9-10-16-27(22)25-17-18-30(39-2)26(19-25)21-34-28-20-29(33(37)38)35(31(28)23-12-5-3-6-13-23)32(36)24-14-7-4-8-15-24/h3,5-6,9-13,16-19,24,28-29,31,34H,4,7-8,14-15,20-21H2,1-2H3,(H,37,38). The molecule has 1 saturated heterocycles. The summed E-state index contributed by atoms with van der Waals surface area (Å²) in [5.41, 5.74) is 5.43. The fraction of sp³-hybridized carbons (Fsp3) is 0.394. The second-order valence-electron chi connectivity index (χ2n) is 10.9. The van der Waals surface area contributed by atoms with Crippen molar-refractivity contribution in [2.45, 2.75) is 70.1 Å². The Balaban J connectivity index is 1.46. The highest BCUT2D eigenvalue weighted by Gasteiger charge is 2.49. The number of likely N-dealkylation sites (tertiary alicyclic amines) is 1. The zero-order valence-corrected chi connectivity index (χ0v) is 22.8. The van der Waals surface area contributed by atoms with Gasteiger partial charge in [0.05, 0.1) is 13.2 Å². The molecule has 204 valence electrons. The molecule has 1 amide bonds. The summed E-state index contributed by atoms with van der Waals surface area (Å²) in [5.74, 6) is -0.279. The van der Waals surface area contributed by atoms with E-state index in [2.05, 4.69) is 36.5 Å². The van der Waals surface area contributed by atoms with Gasteiger partial charge in [-0.15, -0.1) is 0 Å². The second kappa shape index (κ2) is 12.0. The van der Waals surface area contributed by atoms with Crippen molar-refractivity contribution in [3.63, 3.8) is 0 Å². The van der Waals surface area contributed by atoms with Crippen LogP contribution >= 0.6 is 0 Å². The van der Waals surface area contributed by atoms with Gasteiger partial charge in [0.15, 0.2) is 0 Å². The van der Waals surface area contributed by atoms with Crippen LogP contribution in [-0.2, 0) is 16.1 Å². The largest absolute Gasteiger partial charge is 0.496 e. The smallest absolute Gasteiger partial charge is 0.326 e. The van der Waals surface area contributed by atoms with Crippen LogP contribution < -0.4 is 10.1 Å². The third-order valence-corrected chi connectivity index (χ3v) is 8.42. The number of methoxy groups -OCH3 is 1. The Bertz CT molecular complexity index is 1300. The third kappa shape index (κ3) is 5.71. The fourth-order valence-electron chi connectivity index (χ4n) is 6.40. The molecular formula is C33H38N2O4. The molecular weight excluding hydrogens is 488 g/mol. The van der Waals surface area contributed by atoms with Crippen LogP contribution in [0.2, 0.25) is 0 Å². The monoisotopic (exact) mass is 526 g/mol. The first-order valence-corrected chi connectivity index (χ1v) is 14.0. The van der Waals surface area contributed by atoms with Crippen LogP contribution in [0.3, 0.4) is 0 Å². The van der Waals surface area contributed by atoms with Gasteiger partial charge in [0.2, 0.25) is 5.91 Å². The number of hydrogen-bond acceptors (Lipinski definition) is 4. The summed E-state index contributed by atoms with van der Waals surface area (Å²) in [6, 6.07) is 22.9. The lowest BCUT2D eigenvalue weighted by atomic mass is 9.87. The maximum atomic E-state index is 13.9. The van der Waals surface area contributed by atoms with Gasteiger partial charge in [-0.3, -0.25) is 4.79 Å². The average Bonchev–Trinajstić information content (AvgIpc) is 3.36. The molecule has 1 saturated carbocycles. The molecule has 3 aromatic carbocycles. The Morgan fingerprint density at radius 1 is 0.974 bits per heavy atom. The minimum absolute atomic E-state index is 0.0145. The zero-order chi connectivity index (χ0) is 27.4. The predicted molar refractivity (Wildman–Crippen MR) is 152 cm³/mol. The molecule has 1 aliphatic heterocycles. The van der Waals surface area contributed by atoms with Crippen molar-refractivity contribution in [2.75, 3.05) is 7.11 Å². The number of aliphatic carboxylic acids is 1. The first-order valence-electron chi connectivity index (χ1n) is 14.0. The predicted octanol–water partition coefficient (Wildman–Crippen LogP) is 6.14. The lowest BCUT2D eigenvalue weighted by Crippen LogP contribution is -2.46. The zero-order valence-electron chi connectivity index (χ0n) is 22.8. The molecule has 6 nitrogen and oxygen atoms in total. The van der Waals surface area contributed by atoms with Crippen LogP contribution in [0.4, 0.5) is 0 Å². The lowest BCUT2D eigenvalue weighted by Gasteiger charge is -2.35. The van der Waals surface area contributed by atoms with Gasteiger partial charge in [0.1, 0.15) is 11.8 Å². The number of nitrogens with zero attached hydrogens (tertiary/aromatic N) is 1. The molecule has 2 aliphatic rings. The molecule has 1 heterocycles. The summed E-state index contributed by atoms with van der Waals surface area (Å²) in [6.45, 7) is 2.60. The molecule has 0 spiro atoms. The topological polar surface area (TPSA) is 78.9 Å². The highest BCUT2D eigenvalue weighted by Crippen LogP contribution is 2.40. The van der Waals surface area contributed by atoms with Crippen LogP contribution in [0, 0.1) is 12.8 Å². The normalized spacial score (nSPS) is 21.6. The van der Waals surface area contributed by atoms with Crippen molar-refractivity contribution < 1.29 is 19.4 Å². The number of carbonyl (C=O) groups excluding carboxylic acids is 1. The van der Waals surface area contributed by atoms with Crippen molar-refractivity contribution in [3.8, 4) is 16.9 Å². The van der Waals surface area contributed by atoms with Gasteiger partial charge >= 0.3 is 5.97 Å². The Hall–Kier alpha value is -3.64. The molecule has 0 aromatic heterocycles. The molecule has 39 heavy (non-hydrogen) atoms. The number of benzene rings is 3. The first kappa shape index (κ1) is 26.9. The molecule has 2 N–H and O–H groups in total. The molecule has 3 unspecified atom stereocenters. The number of aryl methyl sites for hydroxylation is 1. The fourth-order valence-corrected chi connectivity index (χ4v) is 6.40. The van der Waals surface area contributed by atoms with E-state index in [1.54, 1.807) is 12.0 Å². The van der Waals surface area contributed by atoms with Crippen LogP contribution in [0.5, 0.6) is 5.75 Å². The molecule has 0 bridgehead atoms. The second-order valence-corrected chi connectivity index (χ2v) is 10.9. The van der Waals surface area contributed by atoms with Crippen molar-refractivity contribution in [1.82, 2.24) is 10.2 Å². The Morgan fingerprint density at radius 2 is 1.69 bits per heavy atom.